The third-order valence-corrected chi connectivity index (χ3v) is 9.69. The summed E-state index contributed by atoms with van der Waals surface area (Å²) in [5, 5.41) is 13.1. The van der Waals surface area contributed by atoms with Crippen LogP contribution in [0.15, 0.2) is 90.3 Å². The summed E-state index contributed by atoms with van der Waals surface area (Å²) in [6, 6.07) is 29.5. The standard InChI is InChI=1S/C35H33N3O2S/c39-35(40-23-24-7-3-1-4-8-24)38-19-17-28-21-29(15-16-30(28)22-38)32-31-18-20-41-34(31)33(37-36-32)27-13-11-26(12-14-27)25-9-5-2-6-10-25/h1-10,15-16,18,20-21,26-27H,11-14,17,19,22-23H2. The molecule has 0 radical (unpaired) electrons. The van der Waals surface area contributed by atoms with Gasteiger partial charge in [-0.1, -0.05) is 72.8 Å². The molecule has 0 bridgehead atoms. The van der Waals surface area contributed by atoms with E-state index in [1.165, 1.54) is 39.7 Å². The Hall–Kier alpha value is -4.03. The van der Waals surface area contributed by atoms with Crippen LogP contribution in [0.25, 0.3) is 21.3 Å². The van der Waals surface area contributed by atoms with Crippen molar-refractivity contribution in [1.29, 1.82) is 0 Å². The summed E-state index contributed by atoms with van der Waals surface area (Å²) in [6.07, 6.45) is 5.25. The van der Waals surface area contributed by atoms with Gasteiger partial charge in [0.15, 0.2) is 0 Å². The lowest BCUT2D eigenvalue weighted by atomic mass is 9.77. The zero-order valence-corrected chi connectivity index (χ0v) is 23.9. The van der Waals surface area contributed by atoms with Crippen LogP contribution >= 0.6 is 11.3 Å². The zero-order valence-electron chi connectivity index (χ0n) is 23.0. The number of carbonyl (C=O) groups is 1. The molecule has 1 aliphatic heterocycles. The second-order valence-electron chi connectivity index (χ2n) is 11.3. The van der Waals surface area contributed by atoms with E-state index in [0.29, 0.717) is 31.5 Å². The molecule has 3 aromatic carbocycles. The molecule has 7 rings (SSSR count). The lowest BCUT2D eigenvalue weighted by Crippen LogP contribution is -2.36. The number of nitrogens with zero attached hydrogens (tertiary/aromatic N) is 3. The van der Waals surface area contributed by atoms with Crippen molar-refractivity contribution in [3.8, 4) is 11.3 Å². The van der Waals surface area contributed by atoms with Gasteiger partial charge in [-0.3, -0.25) is 0 Å². The van der Waals surface area contributed by atoms with E-state index in [1.807, 2.05) is 30.3 Å². The van der Waals surface area contributed by atoms with Crippen LogP contribution in [0.2, 0.25) is 0 Å². The molecule has 0 unspecified atom stereocenters. The molecule has 5 nitrogen and oxygen atoms in total. The number of hydrogen-bond acceptors (Lipinski definition) is 5. The molecule has 1 aliphatic carbocycles. The lowest BCUT2D eigenvalue weighted by molar-refractivity contribution is 0.0918. The van der Waals surface area contributed by atoms with Crippen LogP contribution in [0.1, 0.15) is 65.5 Å². The van der Waals surface area contributed by atoms with E-state index in [9.17, 15) is 4.79 Å². The summed E-state index contributed by atoms with van der Waals surface area (Å²) < 4.78 is 6.86. The third kappa shape index (κ3) is 5.36. The SMILES string of the molecule is O=C(OCc1ccccc1)N1CCc2cc(-c3nnc(C4CCC(c5ccccc5)CC4)c4sccc34)ccc2C1. The molecule has 6 heteroatoms. The molecule has 41 heavy (non-hydrogen) atoms. The minimum atomic E-state index is -0.261. The summed E-state index contributed by atoms with van der Waals surface area (Å²) in [6.45, 7) is 1.50. The predicted molar refractivity (Wildman–Crippen MR) is 164 cm³/mol. The van der Waals surface area contributed by atoms with Crippen molar-refractivity contribution in [2.75, 3.05) is 6.54 Å². The van der Waals surface area contributed by atoms with E-state index >= 15 is 0 Å². The Kier molecular flexibility index (Phi) is 7.24. The van der Waals surface area contributed by atoms with Gasteiger partial charge < -0.3 is 9.64 Å². The summed E-state index contributed by atoms with van der Waals surface area (Å²) in [5.74, 6) is 1.12. The Bertz CT molecular complexity index is 1660. The van der Waals surface area contributed by atoms with Gasteiger partial charge in [0.2, 0.25) is 0 Å². The highest BCUT2D eigenvalue weighted by Gasteiger charge is 2.28. The largest absolute Gasteiger partial charge is 0.445 e. The van der Waals surface area contributed by atoms with Gasteiger partial charge in [-0.15, -0.1) is 16.4 Å². The molecule has 5 aromatic rings. The van der Waals surface area contributed by atoms with Crippen LogP contribution in [0.3, 0.4) is 0 Å². The van der Waals surface area contributed by atoms with Gasteiger partial charge >= 0.3 is 6.09 Å². The summed E-state index contributed by atoms with van der Waals surface area (Å²) in [5.41, 5.74) is 8.12. The molecular weight excluding hydrogens is 526 g/mol. The fourth-order valence-electron chi connectivity index (χ4n) is 6.47. The Morgan fingerprint density at radius 3 is 2.41 bits per heavy atom. The van der Waals surface area contributed by atoms with Crippen LogP contribution in [-0.4, -0.2) is 27.7 Å². The van der Waals surface area contributed by atoms with Crippen molar-refractivity contribution in [2.45, 2.75) is 57.1 Å². The number of hydrogen-bond donors (Lipinski definition) is 0. The van der Waals surface area contributed by atoms with Crippen LogP contribution in [0.5, 0.6) is 0 Å². The van der Waals surface area contributed by atoms with Crippen LogP contribution in [0, 0.1) is 0 Å². The predicted octanol–water partition coefficient (Wildman–Crippen LogP) is 8.49. The molecule has 3 heterocycles. The molecule has 0 N–H and O–H groups in total. The molecule has 1 fully saturated rings. The molecule has 0 atom stereocenters. The van der Waals surface area contributed by atoms with Crippen LogP contribution in [-0.2, 0) is 24.3 Å². The molecule has 0 saturated heterocycles. The van der Waals surface area contributed by atoms with E-state index in [4.69, 9.17) is 14.9 Å². The van der Waals surface area contributed by atoms with Gasteiger partial charge in [0.25, 0.3) is 0 Å². The first-order valence-electron chi connectivity index (χ1n) is 14.6. The number of thiophene rings is 1. The first-order chi connectivity index (χ1) is 20.2. The highest BCUT2D eigenvalue weighted by atomic mass is 32.1. The van der Waals surface area contributed by atoms with Gasteiger partial charge in [-0.25, -0.2) is 4.79 Å². The lowest BCUT2D eigenvalue weighted by Gasteiger charge is -2.29. The molecule has 0 spiro atoms. The average Bonchev–Trinajstić information content (AvgIpc) is 3.54. The number of rotatable bonds is 5. The van der Waals surface area contributed by atoms with Gasteiger partial charge in [0, 0.05) is 30.0 Å². The molecule has 2 aliphatic rings. The highest BCUT2D eigenvalue weighted by molar-refractivity contribution is 7.17. The van der Waals surface area contributed by atoms with E-state index < -0.39 is 0 Å². The van der Waals surface area contributed by atoms with E-state index in [2.05, 4.69) is 60.0 Å². The fraction of sp³-hybridized carbons (Fsp3) is 0.286. The van der Waals surface area contributed by atoms with Crippen molar-refractivity contribution in [1.82, 2.24) is 15.1 Å². The van der Waals surface area contributed by atoms with Crippen LogP contribution < -0.4 is 0 Å². The van der Waals surface area contributed by atoms with Crippen molar-refractivity contribution >= 4 is 27.5 Å². The minimum Gasteiger partial charge on any atom is -0.445 e. The maximum Gasteiger partial charge on any atom is 0.410 e. The van der Waals surface area contributed by atoms with Gasteiger partial charge in [-0.2, -0.15) is 5.10 Å². The normalized spacial score (nSPS) is 18.7. The van der Waals surface area contributed by atoms with Crippen molar-refractivity contribution in [3.05, 3.63) is 118 Å². The Morgan fingerprint density at radius 1 is 0.854 bits per heavy atom. The molecule has 1 amide bonds. The maximum atomic E-state index is 12.7. The second kappa shape index (κ2) is 11.5. The minimum absolute atomic E-state index is 0.261. The number of fused-ring (bicyclic) bond motifs is 2. The van der Waals surface area contributed by atoms with E-state index in [-0.39, 0.29) is 6.09 Å². The first kappa shape index (κ1) is 25.9. The Morgan fingerprint density at radius 2 is 1.61 bits per heavy atom. The maximum absolute atomic E-state index is 12.7. The monoisotopic (exact) mass is 559 g/mol. The number of amides is 1. The molecular formula is C35H33N3O2S. The third-order valence-electron chi connectivity index (χ3n) is 8.75. The average molecular weight is 560 g/mol. The summed E-state index contributed by atoms with van der Waals surface area (Å²) in [4.78, 5) is 14.5. The smallest absolute Gasteiger partial charge is 0.410 e. The molecule has 206 valence electrons. The highest BCUT2D eigenvalue weighted by Crippen LogP contribution is 2.43. The van der Waals surface area contributed by atoms with E-state index in [1.54, 1.807) is 16.2 Å². The van der Waals surface area contributed by atoms with Gasteiger partial charge in [0.05, 0.1) is 10.4 Å². The number of ether oxygens (including phenoxy) is 1. The summed E-state index contributed by atoms with van der Waals surface area (Å²) >= 11 is 1.79. The molecule has 2 aromatic heterocycles. The topological polar surface area (TPSA) is 55.3 Å². The Labute approximate surface area is 244 Å². The van der Waals surface area contributed by atoms with Crippen LogP contribution in [0.4, 0.5) is 4.79 Å². The number of aromatic nitrogens is 2. The van der Waals surface area contributed by atoms with Gasteiger partial charge in [0.1, 0.15) is 12.3 Å². The van der Waals surface area contributed by atoms with Gasteiger partial charge in [-0.05, 0) is 77.8 Å². The number of benzene rings is 3. The van der Waals surface area contributed by atoms with Crippen molar-refractivity contribution < 1.29 is 9.53 Å². The van der Waals surface area contributed by atoms with Crippen molar-refractivity contribution in [3.63, 3.8) is 0 Å². The number of carbonyl (C=O) groups excluding carboxylic acids is 1. The molecule has 1 saturated carbocycles. The summed E-state index contributed by atoms with van der Waals surface area (Å²) in [7, 11) is 0. The van der Waals surface area contributed by atoms with E-state index in [0.717, 1.165) is 41.6 Å². The second-order valence-corrected chi connectivity index (χ2v) is 12.2. The zero-order chi connectivity index (χ0) is 27.6. The Balaban J connectivity index is 1.05. The fourth-order valence-corrected chi connectivity index (χ4v) is 7.43. The van der Waals surface area contributed by atoms with Crippen molar-refractivity contribution in [2.24, 2.45) is 0 Å². The quantitative estimate of drug-likeness (QED) is 0.217. The first-order valence-corrected chi connectivity index (χ1v) is 15.5.